The molecule has 156 valence electrons. The standard InChI is InChI=1S/C24H21N3O3S/c1-15-6-10-18(11-7-15)27-23(25-24(29)20-5-4-14-31-20)21(22(28)16(2)26-27)17-8-12-19(30-3)13-9-17/h4-14H,1-3H3,(H,25,29). The number of aromatic nitrogens is 2. The minimum Gasteiger partial charge on any atom is -0.497 e. The number of hydrogen-bond acceptors (Lipinski definition) is 5. The average Bonchev–Trinajstić information content (AvgIpc) is 3.32. The minimum atomic E-state index is -0.296. The number of benzene rings is 2. The first kappa shape index (κ1) is 20.6. The van der Waals surface area contributed by atoms with E-state index in [4.69, 9.17) is 4.74 Å². The fraction of sp³-hybridized carbons (Fsp3) is 0.125. The number of carbonyl (C=O) groups is 1. The lowest BCUT2D eigenvalue weighted by molar-refractivity contribution is 0.102. The molecule has 7 heteroatoms. The van der Waals surface area contributed by atoms with Crippen LogP contribution in [-0.2, 0) is 0 Å². The van der Waals surface area contributed by atoms with Crippen LogP contribution < -0.4 is 15.5 Å². The number of hydrogen-bond donors (Lipinski definition) is 1. The summed E-state index contributed by atoms with van der Waals surface area (Å²) in [5.74, 6) is 0.705. The van der Waals surface area contributed by atoms with Gasteiger partial charge >= 0.3 is 0 Å². The Bertz CT molecular complexity index is 1280. The molecule has 2 heterocycles. The summed E-state index contributed by atoms with van der Waals surface area (Å²) in [6.45, 7) is 3.67. The fourth-order valence-corrected chi connectivity index (χ4v) is 3.85. The minimum absolute atomic E-state index is 0.241. The first-order valence-corrected chi connectivity index (χ1v) is 10.6. The molecule has 0 saturated carbocycles. The maximum absolute atomic E-state index is 13.2. The van der Waals surface area contributed by atoms with E-state index in [1.807, 2.05) is 42.6 Å². The number of thiophene rings is 1. The van der Waals surface area contributed by atoms with Crippen LogP contribution in [0.4, 0.5) is 5.82 Å². The van der Waals surface area contributed by atoms with Crippen LogP contribution in [0.3, 0.4) is 0 Å². The third-order valence-electron chi connectivity index (χ3n) is 4.89. The van der Waals surface area contributed by atoms with E-state index >= 15 is 0 Å². The lowest BCUT2D eigenvalue weighted by Crippen LogP contribution is -2.24. The van der Waals surface area contributed by atoms with Crippen molar-refractivity contribution in [1.29, 1.82) is 0 Å². The van der Waals surface area contributed by atoms with E-state index in [0.717, 1.165) is 11.3 Å². The van der Waals surface area contributed by atoms with Crippen LogP contribution in [0, 0.1) is 13.8 Å². The third-order valence-corrected chi connectivity index (χ3v) is 5.76. The molecule has 0 bridgehead atoms. The first-order chi connectivity index (χ1) is 15.0. The summed E-state index contributed by atoms with van der Waals surface area (Å²) in [5, 5.41) is 9.26. The number of carbonyl (C=O) groups excluding carboxylic acids is 1. The van der Waals surface area contributed by atoms with Crippen molar-refractivity contribution in [1.82, 2.24) is 9.78 Å². The van der Waals surface area contributed by atoms with Crippen molar-refractivity contribution in [3.8, 4) is 22.6 Å². The van der Waals surface area contributed by atoms with Crippen LogP contribution in [0.2, 0.25) is 0 Å². The topological polar surface area (TPSA) is 73.2 Å². The van der Waals surface area contributed by atoms with E-state index in [1.54, 1.807) is 49.0 Å². The Labute approximate surface area is 183 Å². The molecule has 0 saturated heterocycles. The van der Waals surface area contributed by atoms with Crippen molar-refractivity contribution in [2.45, 2.75) is 13.8 Å². The molecule has 1 N–H and O–H groups in total. The number of ether oxygens (including phenoxy) is 1. The molecule has 0 fully saturated rings. The molecule has 4 aromatic rings. The van der Waals surface area contributed by atoms with Gasteiger partial charge in [-0.3, -0.25) is 9.59 Å². The Balaban J connectivity index is 1.95. The Morgan fingerprint density at radius 2 is 1.74 bits per heavy atom. The highest BCUT2D eigenvalue weighted by molar-refractivity contribution is 7.12. The summed E-state index contributed by atoms with van der Waals surface area (Å²) in [4.78, 5) is 26.7. The van der Waals surface area contributed by atoms with Gasteiger partial charge < -0.3 is 10.1 Å². The third kappa shape index (κ3) is 4.13. The molecular formula is C24H21N3O3S. The zero-order chi connectivity index (χ0) is 22.0. The van der Waals surface area contributed by atoms with Crippen LogP contribution >= 0.6 is 11.3 Å². The second kappa shape index (κ2) is 8.57. The quantitative estimate of drug-likeness (QED) is 0.491. The largest absolute Gasteiger partial charge is 0.497 e. The molecule has 0 radical (unpaired) electrons. The normalized spacial score (nSPS) is 10.7. The monoisotopic (exact) mass is 431 g/mol. The van der Waals surface area contributed by atoms with Gasteiger partial charge in [0.05, 0.1) is 23.2 Å². The van der Waals surface area contributed by atoms with Gasteiger partial charge in [0.2, 0.25) is 5.43 Å². The van der Waals surface area contributed by atoms with E-state index < -0.39 is 0 Å². The van der Waals surface area contributed by atoms with Crippen LogP contribution in [-0.4, -0.2) is 22.8 Å². The first-order valence-electron chi connectivity index (χ1n) is 9.68. The lowest BCUT2D eigenvalue weighted by Gasteiger charge is -2.18. The van der Waals surface area contributed by atoms with Crippen molar-refractivity contribution in [2.24, 2.45) is 0 Å². The molecule has 0 unspecified atom stereocenters. The van der Waals surface area contributed by atoms with Crippen molar-refractivity contribution in [2.75, 3.05) is 12.4 Å². The predicted octanol–water partition coefficient (Wildman–Crippen LogP) is 4.84. The average molecular weight is 432 g/mol. The van der Waals surface area contributed by atoms with E-state index in [0.29, 0.717) is 33.3 Å². The molecule has 0 aliphatic rings. The molecular weight excluding hydrogens is 410 g/mol. The van der Waals surface area contributed by atoms with Crippen molar-refractivity contribution in [3.05, 3.63) is 92.4 Å². The lowest BCUT2D eigenvalue weighted by atomic mass is 10.0. The van der Waals surface area contributed by atoms with E-state index in [9.17, 15) is 9.59 Å². The van der Waals surface area contributed by atoms with Crippen molar-refractivity contribution in [3.63, 3.8) is 0 Å². The molecule has 6 nitrogen and oxygen atoms in total. The van der Waals surface area contributed by atoms with Crippen LogP contribution in [0.15, 0.2) is 70.8 Å². The molecule has 0 aliphatic heterocycles. The number of nitrogens with one attached hydrogen (secondary N) is 1. The Morgan fingerprint density at radius 1 is 1.03 bits per heavy atom. The fourth-order valence-electron chi connectivity index (χ4n) is 3.23. The number of nitrogens with zero attached hydrogens (tertiary/aromatic N) is 2. The number of amides is 1. The number of anilines is 1. The van der Waals surface area contributed by atoms with Gasteiger partial charge in [0.1, 0.15) is 17.3 Å². The molecule has 0 spiro atoms. The smallest absolute Gasteiger partial charge is 0.266 e. The van der Waals surface area contributed by atoms with E-state index in [2.05, 4.69) is 10.4 Å². The molecule has 0 atom stereocenters. The van der Waals surface area contributed by atoms with Gasteiger partial charge in [-0.15, -0.1) is 11.3 Å². The van der Waals surface area contributed by atoms with E-state index in [-0.39, 0.29) is 11.3 Å². The number of methoxy groups -OCH3 is 1. The molecule has 31 heavy (non-hydrogen) atoms. The summed E-state index contributed by atoms with van der Waals surface area (Å²) in [6, 6.07) is 18.5. The van der Waals surface area contributed by atoms with Gasteiger partial charge in [-0.2, -0.15) is 5.10 Å². The van der Waals surface area contributed by atoms with Gasteiger partial charge in [0.15, 0.2) is 0 Å². The highest BCUT2D eigenvalue weighted by Gasteiger charge is 2.21. The van der Waals surface area contributed by atoms with Gasteiger partial charge in [-0.1, -0.05) is 35.9 Å². The number of aryl methyl sites for hydroxylation is 2. The van der Waals surface area contributed by atoms with Crippen LogP contribution in [0.25, 0.3) is 16.8 Å². The summed E-state index contributed by atoms with van der Waals surface area (Å²) in [7, 11) is 1.59. The second-order valence-corrected chi connectivity index (χ2v) is 7.99. The van der Waals surface area contributed by atoms with Gasteiger partial charge in [-0.05, 0) is 55.1 Å². The highest BCUT2D eigenvalue weighted by atomic mass is 32.1. The molecule has 0 aliphatic carbocycles. The zero-order valence-electron chi connectivity index (χ0n) is 17.4. The van der Waals surface area contributed by atoms with Crippen LogP contribution in [0.5, 0.6) is 5.75 Å². The summed E-state index contributed by atoms with van der Waals surface area (Å²) < 4.78 is 6.86. The predicted molar refractivity (Wildman–Crippen MR) is 124 cm³/mol. The SMILES string of the molecule is COc1ccc(-c2c(NC(=O)c3cccs3)n(-c3ccc(C)cc3)nc(C)c2=O)cc1. The van der Waals surface area contributed by atoms with Crippen LogP contribution in [0.1, 0.15) is 20.9 Å². The van der Waals surface area contributed by atoms with Gasteiger partial charge in [-0.25, -0.2) is 4.68 Å². The van der Waals surface area contributed by atoms with Gasteiger partial charge in [0, 0.05) is 0 Å². The van der Waals surface area contributed by atoms with E-state index in [1.165, 1.54) is 11.3 Å². The maximum atomic E-state index is 13.2. The maximum Gasteiger partial charge on any atom is 0.266 e. The second-order valence-electron chi connectivity index (χ2n) is 7.05. The zero-order valence-corrected chi connectivity index (χ0v) is 18.2. The molecule has 4 rings (SSSR count). The molecule has 1 amide bonds. The van der Waals surface area contributed by atoms with Crippen molar-refractivity contribution < 1.29 is 9.53 Å². The Kier molecular flexibility index (Phi) is 5.68. The van der Waals surface area contributed by atoms with Gasteiger partial charge in [0.25, 0.3) is 5.91 Å². The molecule has 2 aromatic carbocycles. The highest BCUT2D eigenvalue weighted by Crippen LogP contribution is 2.29. The Hall–Kier alpha value is -3.71. The summed E-state index contributed by atoms with van der Waals surface area (Å²) >= 11 is 1.33. The molecule has 2 aromatic heterocycles. The van der Waals surface area contributed by atoms with Crippen molar-refractivity contribution >= 4 is 23.1 Å². The number of rotatable bonds is 5. The summed E-state index contributed by atoms with van der Waals surface area (Å²) in [5.41, 5.74) is 2.97. The summed E-state index contributed by atoms with van der Waals surface area (Å²) in [6.07, 6.45) is 0. The Morgan fingerprint density at radius 3 is 2.35 bits per heavy atom.